The van der Waals surface area contributed by atoms with Crippen LogP contribution in [0.5, 0.6) is 5.75 Å². The maximum atomic E-state index is 12.0. The van der Waals surface area contributed by atoms with Crippen molar-refractivity contribution < 1.29 is 9.90 Å². The van der Waals surface area contributed by atoms with Crippen molar-refractivity contribution in [2.75, 3.05) is 5.32 Å². The van der Waals surface area contributed by atoms with Crippen molar-refractivity contribution in [2.24, 2.45) is 0 Å². The number of phenolic OH excluding ortho intramolecular Hbond substituents is 1. The van der Waals surface area contributed by atoms with Crippen LogP contribution in [0.3, 0.4) is 0 Å². The highest BCUT2D eigenvalue weighted by atomic mass is 79.9. The zero-order valence-electron chi connectivity index (χ0n) is 10.5. The van der Waals surface area contributed by atoms with Crippen LogP contribution in [0.15, 0.2) is 42.5 Å². The molecule has 0 saturated heterocycles. The molecular weight excluding hydrogens is 306 g/mol. The number of benzene rings is 2. The summed E-state index contributed by atoms with van der Waals surface area (Å²) in [5, 5.41) is 13.2. The van der Waals surface area contributed by atoms with Crippen LogP contribution in [0, 0.1) is 6.92 Å². The topological polar surface area (TPSA) is 49.3 Å². The van der Waals surface area contributed by atoms with Gasteiger partial charge in [0.2, 0.25) is 0 Å². The predicted molar refractivity (Wildman–Crippen MR) is 79.9 cm³/mol. The Morgan fingerprint density at radius 1 is 1.26 bits per heavy atom. The minimum atomic E-state index is -0.234. The third-order valence-corrected chi connectivity index (χ3v) is 3.46. The summed E-state index contributed by atoms with van der Waals surface area (Å²) in [5.41, 5.74) is 3.01. The van der Waals surface area contributed by atoms with E-state index in [2.05, 4.69) is 21.2 Å². The molecule has 0 atom stereocenters. The number of phenols is 1. The number of carbonyl (C=O) groups excluding carboxylic acids is 1. The molecule has 2 aromatic rings. The molecule has 0 spiro atoms. The molecule has 0 radical (unpaired) electrons. The molecule has 0 fully saturated rings. The average Bonchev–Trinajstić information content (AvgIpc) is 2.42. The van der Waals surface area contributed by atoms with Gasteiger partial charge in [0.25, 0.3) is 5.91 Å². The van der Waals surface area contributed by atoms with Gasteiger partial charge >= 0.3 is 0 Å². The number of halogens is 1. The molecule has 0 unspecified atom stereocenters. The van der Waals surface area contributed by atoms with E-state index in [0.29, 0.717) is 5.56 Å². The zero-order valence-corrected chi connectivity index (χ0v) is 12.1. The van der Waals surface area contributed by atoms with Gasteiger partial charge < -0.3 is 10.4 Å². The van der Waals surface area contributed by atoms with Crippen molar-refractivity contribution in [1.29, 1.82) is 0 Å². The van der Waals surface area contributed by atoms with Crippen molar-refractivity contribution in [1.82, 2.24) is 0 Å². The molecule has 0 bridgehead atoms. The fourth-order valence-corrected chi connectivity index (χ4v) is 2.03. The Morgan fingerprint density at radius 2 is 2.05 bits per heavy atom. The van der Waals surface area contributed by atoms with E-state index < -0.39 is 0 Å². The SMILES string of the molecule is Cc1ccc(C(=O)Nc2cccc(CBr)c2)cc1O. The fraction of sp³-hybridized carbons (Fsp3) is 0.133. The Labute approximate surface area is 120 Å². The van der Waals surface area contributed by atoms with Crippen LogP contribution < -0.4 is 5.32 Å². The molecule has 3 nitrogen and oxygen atoms in total. The largest absolute Gasteiger partial charge is 0.508 e. The highest BCUT2D eigenvalue weighted by molar-refractivity contribution is 9.08. The number of carbonyl (C=O) groups is 1. The first-order valence-corrected chi connectivity index (χ1v) is 6.98. The van der Waals surface area contributed by atoms with Crippen LogP contribution in [0.4, 0.5) is 5.69 Å². The van der Waals surface area contributed by atoms with Crippen molar-refractivity contribution in [2.45, 2.75) is 12.3 Å². The number of aryl methyl sites for hydroxylation is 1. The monoisotopic (exact) mass is 319 g/mol. The van der Waals surface area contributed by atoms with Crippen molar-refractivity contribution in [3.63, 3.8) is 0 Å². The molecule has 0 aliphatic heterocycles. The zero-order chi connectivity index (χ0) is 13.8. The molecule has 0 saturated carbocycles. The Kier molecular flexibility index (Phi) is 4.22. The van der Waals surface area contributed by atoms with Gasteiger partial charge in [-0.05, 0) is 42.3 Å². The lowest BCUT2D eigenvalue weighted by Crippen LogP contribution is -2.11. The number of nitrogens with one attached hydrogen (secondary N) is 1. The number of rotatable bonds is 3. The highest BCUT2D eigenvalue weighted by Crippen LogP contribution is 2.19. The van der Waals surface area contributed by atoms with Crippen molar-refractivity contribution in [3.05, 3.63) is 59.2 Å². The van der Waals surface area contributed by atoms with Crippen LogP contribution in [0.1, 0.15) is 21.5 Å². The van der Waals surface area contributed by atoms with Gasteiger partial charge in [0.05, 0.1) is 0 Å². The molecule has 19 heavy (non-hydrogen) atoms. The van der Waals surface area contributed by atoms with Gasteiger partial charge in [-0.3, -0.25) is 4.79 Å². The van der Waals surface area contributed by atoms with Gasteiger partial charge in [-0.2, -0.15) is 0 Å². The number of hydrogen-bond donors (Lipinski definition) is 2. The average molecular weight is 320 g/mol. The maximum Gasteiger partial charge on any atom is 0.255 e. The summed E-state index contributed by atoms with van der Waals surface area (Å²) < 4.78 is 0. The second-order valence-corrected chi connectivity index (χ2v) is 4.85. The van der Waals surface area contributed by atoms with Gasteiger partial charge in [0.1, 0.15) is 5.75 Å². The quantitative estimate of drug-likeness (QED) is 0.844. The van der Waals surface area contributed by atoms with Gasteiger partial charge in [0.15, 0.2) is 0 Å². The molecule has 2 aromatic carbocycles. The summed E-state index contributed by atoms with van der Waals surface area (Å²) in [6.07, 6.45) is 0. The van der Waals surface area contributed by atoms with Crippen LogP contribution in [0.25, 0.3) is 0 Å². The van der Waals surface area contributed by atoms with Gasteiger partial charge in [-0.25, -0.2) is 0 Å². The highest BCUT2D eigenvalue weighted by Gasteiger charge is 2.08. The molecule has 4 heteroatoms. The lowest BCUT2D eigenvalue weighted by Gasteiger charge is -2.07. The standard InChI is InChI=1S/C15H14BrNO2/c1-10-5-6-12(8-14(10)18)15(19)17-13-4-2-3-11(7-13)9-16/h2-8,18H,9H2,1H3,(H,17,19). The summed E-state index contributed by atoms with van der Waals surface area (Å²) in [7, 11) is 0. The lowest BCUT2D eigenvalue weighted by molar-refractivity contribution is 0.102. The van der Waals surface area contributed by atoms with E-state index in [9.17, 15) is 9.90 Å². The minimum absolute atomic E-state index is 0.127. The van der Waals surface area contributed by atoms with E-state index >= 15 is 0 Å². The van der Waals surface area contributed by atoms with E-state index in [-0.39, 0.29) is 11.7 Å². The Morgan fingerprint density at radius 3 is 2.74 bits per heavy atom. The molecule has 2 rings (SSSR count). The first-order valence-electron chi connectivity index (χ1n) is 5.86. The normalized spacial score (nSPS) is 10.2. The first kappa shape index (κ1) is 13.6. The molecule has 98 valence electrons. The van der Waals surface area contributed by atoms with Crippen molar-refractivity contribution >= 4 is 27.5 Å². The first-order chi connectivity index (χ1) is 9.10. The molecule has 1 amide bonds. The Hall–Kier alpha value is -1.81. The van der Waals surface area contributed by atoms with E-state index in [1.807, 2.05) is 24.3 Å². The van der Waals surface area contributed by atoms with E-state index in [0.717, 1.165) is 22.1 Å². The van der Waals surface area contributed by atoms with E-state index in [1.165, 1.54) is 6.07 Å². The van der Waals surface area contributed by atoms with E-state index in [1.54, 1.807) is 19.1 Å². The number of alkyl halides is 1. The fourth-order valence-electron chi connectivity index (χ4n) is 1.69. The maximum absolute atomic E-state index is 12.0. The molecule has 2 N–H and O–H groups in total. The Balaban J connectivity index is 2.18. The van der Waals surface area contributed by atoms with Crippen LogP contribution in [-0.4, -0.2) is 11.0 Å². The molecule has 0 aliphatic rings. The second kappa shape index (κ2) is 5.89. The third-order valence-electron chi connectivity index (χ3n) is 2.81. The number of amides is 1. The molecule has 0 aliphatic carbocycles. The molecule has 0 heterocycles. The smallest absolute Gasteiger partial charge is 0.255 e. The predicted octanol–water partition coefficient (Wildman–Crippen LogP) is 3.85. The molecular formula is C15H14BrNO2. The van der Waals surface area contributed by atoms with E-state index in [4.69, 9.17) is 0 Å². The van der Waals surface area contributed by atoms with Crippen LogP contribution in [0.2, 0.25) is 0 Å². The Bertz CT molecular complexity index is 611. The lowest BCUT2D eigenvalue weighted by atomic mass is 10.1. The van der Waals surface area contributed by atoms with Gasteiger partial charge in [-0.1, -0.05) is 34.1 Å². The summed E-state index contributed by atoms with van der Waals surface area (Å²) in [5.74, 6) is -0.108. The minimum Gasteiger partial charge on any atom is -0.508 e. The summed E-state index contributed by atoms with van der Waals surface area (Å²) >= 11 is 3.37. The number of anilines is 1. The van der Waals surface area contributed by atoms with Crippen LogP contribution in [-0.2, 0) is 5.33 Å². The number of hydrogen-bond acceptors (Lipinski definition) is 2. The van der Waals surface area contributed by atoms with Gasteiger partial charge in [-0.15, -0.1) is 0 Å². The third kappa shape index (κ3) is 3.35. The number of aromatic hydroxyl groups is 1. The van der Waals surface area contributed by atoms with Crippen LogP contribution >= 0.6 is 15.9 Å². The summed E-state index contributed by atoms with van der Waals surface area (Å²) in [6.45, 7) is 1.79. The second-order valence-electron chi connectivity index (χ2n) is 4.29. The summed E-state index contributed by atoms with van der Waals surface area (Å²) in [4.78, 5) is 12.0. The molecule has 0 aromatic heterocycles. The van der Waals surface area contributed by atoms with Crippen molar-refractivity contribution in [3.8, 4) is 5.75 Å². The van der Waals surface area contributed by atoms with Gasteiger partial charge in [0, 0.05) is 16.6 Å². The summed E-state index contributed by atoms with van der Waals surface area (Å²) in [6, 6.07) is 12.5.